The molecule has 6 nitrogen and oxygen atoms in total. The molecule has 0 aliphatic carbocycles. The van der Waals surface area contributed by atoms with Crippen LogP contribution in [-0.4, -0.2) is 27.5 Å². The number of amides is 1. The Labute approximate surface area is 187 Å². The molecule has 0 aliphatic heterocycles. The van der Waals surface area contributed by atoms with Gasteiger partial charge in [0.2, 0.25) is 15.9 Å². The van der Waals surface area contributed by atoms with Crippen molar-refractivity contribution in [2.24, 2.45) is 0 Å². The third-order valence-electron chi connectivity index (χ3n) is 4.64. The maximum atomic E-state index is 13.2. The summed E-state index contributed by atoms with van der Waals surface area (Å²) >= 11 is 6.15. The van der Waals surface area contributed by atoms with Gasteiger partial charge < -0.3 is 10.1 Å². The van der Waals surface area contributed by atoms with E-state index in [1.165, 1.54) is 13.2 Å². The molecule has 1 amide bonds. The number of nitrogens with one attached hydrogen (secondary N) is 2. The van der Waals surface area contributed by atoms with E-state index in [1.807, 2.05) is 30.3 Å². The SMILES string of the molecule is COc1ccc(C)cc1S(=O)(=O)N[C@H](Cc1ccccc1)C(=O)Nc1ccccc1Cl. The molecule has 0 fully saturated rings. The van der Waals surface area contributed by atoms with Gasteiger partial charge in [-0.25, -0.2) is 8.42 Å². The lowest BCUT2D eigenvalue weighted by Gasteiger charge is -2.20. The van der Waals surface area contributed by atoms with Gasteiger partial charge >= 0.3 is 0 Å². The van der Waals surface area contributed by atoms with Crippen LogP contribution in [0.15, 0.2) is 77.7 Å². The van der Waals surface area contributed by atoms with Gasteiger partial charge in [0.05, 0.1) is 17.8 Å². The molecule has 8 heteroatoms. The Morgan fingerprint density at radius 3 is 2.39 bits per heavy atom. The van der Waals surface area contributed by atoms with E-state index >= 15 is 0 Å². The highest BCUT2D eigenvalue weighted by atomic mass is 35.5. The van der Waals surface area contributed by atoms with Crippen LogP contribution in [0.1, 0.15) is 11.1 Å². The number of benzene rings is 3. The fraction of sp³-hybridized carbons (Fsp3) is 0.174. The van der Waals surface area contributed by atoms with E-state index in [0.717, 1.165) is 11.1 Å². The maximum absolute atomic E-state index is 13.2. The van der Waals surface area contributed by atoms with Crippen molar-refractivity contribution in [3.63, 3.8) is 0 Å². The van der Waals surface area contributed by atoms with Gasteiger partial charge in [0, 0.05) is 0 Å². The van der Waals surface area contributed by atoms with Crippen molar-refractivity contribution in [3.05, 3.63) is 88.9 Å². The van der Waals surface area contributed by atoms with Crippen molar-refractivity contribution >= 4 is 33.2 Å². The van der Waals surface area contributed by atoms with Crippen LogP contribution in [0.5, 0.6) is 5.75 Å². The lowest BCUT2D eigenvalue weighted by Crippen LogP contribution is -2.45. The van der Waals surface area contributed by atoms with E-state index in [0.29, 0.717) is 10.7 Å². The summed E-state index contributed by atoms with van der Waals surface area (Å²) < 4.78 is 34.1. The molecule has 0 bridgehead atoms. The molecule has 2 N–H and O–H groups in total. The van der Waals surface area contributed by atoms with Crippen molar-refractivity contribution in [2.75, 3.05) is 12.4 Å². The number of aryl methyl sites for hydroxylation is 1. The zero-order valence-electron chi connectivity index (χ0n) is 17.1. The fourth-order valence-corrected chi connectivity index (χ4v) is 4.70. The minimum absolute atomic E-state index is 0.0291. The normalized spacial score (nSPS) is 12.2. The van der Waals surface area contributed by atoms with Gasteiger partial charge in [-0.1, -0.05) is 60.1 Å². The van der Waals surface area contributed by atoms with E-state index in [4.69, 9.17) is 16.3 Å². The van der Waals surface area contributed by atoms with Crippen LogP contribution in [0.2, 0.25) is 5.02 Å². The Morgan fingerprint density at radius 1 is 1.03 bits per heavy atom. The molecule has 0 unspecified atom stereocenters. The number of sulfonamides is 1. The summed E-state index contributed by atoms with van der Waals surface area (Å²) in [6, 6.07) is 19.7. The van der Waals surface area contributed by atoms with Gasteiger partial charge in [0.25, 0.3) is 0 Å². The molecule has 3 aromatic carbocycles. The monoisotopic (exact) mass is 458 g/mol. The number of carbonyl (C=O) groups is 1. The predicted molar refractivity (Wildman–Crippen MR) is 122 cm³/mol. The largest absolute Gasteiger partial charge is 0.495 e. The quantitative estimate of drug-likeness (QED) is 0.530. The molecule has 0 aliphatic rings. The van der Waals surface area contributed by atoms with Crippen LogP contribution in [0.25, 0.3) is 0 Å². The number of rotatable bonds is 8. The number of halogens is 1. The van der Waals surface area contributed by atoms with Crippen LogP contribution < -0.4 is 14.8 Å². The van der Waals surface area contributed by atoms with Crippen LogP contribution >= 0.6 is 11.6 Å². The predicted octanol–water partition coefficient (Wildman–Crippen LogP) is 4.19. The fourth-order valence-electron chi connectivity index (χ4n) is 3.06. The molecule has 3 rings (SSSR count). The summed E-state index contributed by atoms with van der Waals surface area (Å²) in [5.74, 6) is -0.324. The van der Waals surface area contributed by atoms with E-state index in [2.05, 4.69) is 10.0 Å². The van der Waals surface area contributed by atoms with Crippen LogP contribution in [-0.2, 0) is 21.2 Å². The van der Waals surface area contributed by atoms with Gasteiger partial charge in [-0.2, -0.15) is 4.72 Å². The molecule has 162 valence electrons. The molecular weight excluding hydrogens is 436 g/mol. The van der Waals surface area contributed by atoms with E-state index in [1.54, 1.807) is 43.3 Å². The smallest absolute Gasteiger partial charge is 0.245 e. The molecule has 1 atom stereocenters. The highest BCUT2D eigenvalue weighted by Crippen LogP contribution is 2.26. The van der Waals surface area contributed by atoms with Crippen molar-refractivity contribution in [1.29, 1.82) is 0 Å². The second kappa shape index (κ2) is 9.96. The number of para-hydroxylation sites is 1. The van der Waals surface area contributed by atoms with Gasteiger partial charge in [0.1, 0.15) is 16.7 Å². The highest BCUT2D eigenvalue weighted by Gasteiger charge is 2.28. The summed E-state index contributed by atoms with van der Waals surface area (Å²) in [4.78, 5) is 13.0. The van der Waals surface area contributed by atoms with E-state index in [9.17, 15) is 13.2 Å². The molecule has 31 heavy (non-hydrogen) atoms. The summed E-state index contributed by atoms with van der Waals surface area (Å²) in [6.07, 6.45) is 0.157. The number of carbonyl (C=O) groups excluding carboxylic acids is 1. The molecule has 3 aromatic rings. The second-order valence-electron chi connectivity index (χ2n) is 6.99. The summed E-state index contributed by atoms with van der Waals surface area (Å²) in [5.41, 5.74) is 1.96. The Balaban J connectivity index is 1.93. The van der Waals surface area contributed by atoms with E-state index < -0.39 is 22.0 Å². The lowest BCUT2D eigenvalue weighted by molar-refractivity contribution is -0.117. The van der Waals surface area contributed by atoms with Crippen LogP contribution in [0.3, 0.4) is 0 Å². The second-order valence-corrected chi connectivity index (χ2v) is 9.08. The van der Waals surface area contributed by atoms with Crippen molar-refractivity contribution < 1.29 is 17.9 Å². The third-order valence-corrected chi connectivity index (χ3v) is 6.46. The minimum atomic E-state index is -4.06. The Morgan fingerprint density at radius 2 is 1.71 bits per heavy atom. The summed E-state index contributed by atoms with van der Waals surface area (Å²) in [6.45, 7) is 1.78. The average molecular weight is 459 g/mol. The number of hydrogen-bond donors (Lipinski definition) is 2. The Kier molecular flexibility index (Phi) is 7.33. The topological polar surface area (TPSA) is 84.5 Å². The molecule has 0 aromatic heterocycles. The van der Waals surface area contributed by atoms with Gasteiger partial charge in [-0.05, 0) is 48.7 Å². The zero-order chi connectivity index (χ0) is 22.4. The summed E-state index contributed by atoms with van der Waals surface area (Å²) in [7, 11) is -2.66. The van der Waals surface area contributed by atoms with Crippen molar-refractivity contribution in [3.8, 4) is 5.75 Å². The standard InChI is InChI=1S/C23H23ClN2O4S/c1-16-12-13-21(30-2)22(14-16)31(28,29)26-20(15-17-8-4-3-5-9-17)23(27)25-19-11-7-6-10-18(19)24/h3-14,20,26H,15H2,1-2H3,(H,25,27)/t20-/m1/s1. The van der Waals surface area contributed by atoms with Gasteiger partial charge in [0.15, 0.2) is 0 Å². The zero-order valence-corrected chi connectivity index (χ0v) is 18.7. The number of hydrogen-bond acceptors (Lipinski definition) is 4. The maximum Gasteiger partial charge on any atom is 0.245 e. The number of anilines is 1. The first kappa shape index (κ1) is 22.8. The van der Waals surface area contributed by atoms with Gasteiger partial charge in [-0.3, -0.25) is 4.79 Å². The molecular formula is C23H23ClN2O4S. The molecule has 0 saturated heterocycles. The highest BCUT2D eigenvalue weighted by molar-refractivity contribution is 7.89. The number of ether oxygens (including phenoxy) is 1. The number of methoxy groups -OCH3 is 1. The third kappa shape index (κ3) is 5.85. The molecule has 0 spiro atoms. The van der Waals surface area contributed by atoms with E-state index in [-0.39, 0.29) is 17.1 Å². The first-order valence-corrected chi connectivity index (χ1v) is 11.4. The van der Waals surface area contributed by atoms with Crippen molar-refractivity contribution in [1.82, 2.24) is 4.72 Å². The average Bonchev–Trinajstić information content (AvgIpc) is 2.75. The molecule has 0 saturated carbocycles. The van der Waals surface area contributed by atoms with Crippen LogP contribution in [0.4, 0.5) is 5.69 Å². The molecule has 0 heterocycles. The lowest BCUT2D eigenvalue weighted by atomic mass is 10.1. The Hall–Kier alpha value is -2.87. The van der Waals surface area contributed by atoms with Gasteiger partial charge in [-0.15, -0.1) is 0 Å². The van der Waals surface area contributed by atoms with Crippen molar-refractivity contribution in [2.45, 2.75) is 24.3 Å². The van der Waals surface area contributed by atoms with Crippen LogP contribution in [0, 0.1) is 6.92 Å². The first-order valence-electron chi connectivity index (χ1n) is 9.56. The first-order chi connectivity index (χ1) is 14.8. The Bertz CT molecular complexity index is 1170. The summed E-state index contributed by atoms with van der Waals surface area (Å²) in [5, 5.41) is 3.07. The minimum Gasteiger partial charge on any atom is -0.495 e. The molecule has 0 radical (unpaired) electrons.